The molecule has 0 saturated carbocycles. The Labute approximate surface area is 169 Å². The average Bonchev–Trinajstić information content (AvgIpc) is 3.01. The highest BCUT2D eigenvalue weighted by Crippen LogP contribution is 2.27. The number of aromatic nitrogens is 1. The summed E-state index contributed by atoms with van der Waals surface area (Å²) >= 11 is 0. The van der Waals surface area contributed by atoms with Crippen molar-refractivity contribution in [2.45, 2.75) is 13.5 Å². The predicted octanol–water partition coefficient (Wildman–Crippen LogP) is 4.03. The molecule has 0 aliphatic carbocycles. The number of hydrogen-bond acceptors (Lipinski definition) is 5. The number of aryl methyl sites for hydroxylation is 1. The van der Waals surface area contributed by atoms with E-state index >= 15 is 0 Å². The fourth-order valence-electron chi connectivity index (χ4n) is 3.09. The SMILES string of the molecule is Cc1c(CN(C)C(=O)/C=C/c2cnc3c(c2)OCCN3)oc2ccccc12.Cl. The number of furan rings is 1. The minimum Gasteiger partial charge on any atom is -0.488 e. The van der Waals surface area contributed by atoms with E-state index in [1.165, 1.54) is 6.08 Å². The lowest BCUT2D eigenvalue weighted by atomic mass is 10.1. The Balaban J connectivity index is 0.00000225. The summed E-state index contributed by atoms with van der Waals surface area (Å²) in [5.41, 5.74) is 2.73. The third kappa shape index (κ3) is 3.97. The largest absolute Gasteiger partial charge is 0.488 e. The molecule has 1 aliphatic rings. The lowest BCUT2D eigenvalue weighted by Crippen LogP contribution is -2.24. The third-order valence-electron chi connectivity index (χ3n) is 4.64. The van der Waals surface area contributed by atoms with Gasteiger partial charge in [-0.25, -0.2) is 4.98 Å². The summed E-state index contributed by atoms with van der Waals surface area (Å²) in [6.45, 7) is 3.79. The second-order valence-corrected chi connectivity index (χ2v) is 6.56. The first-order chi connectivity index (χ1) is 13.1. The zero-order valence-electron chi connectivity index (χ0n) is 15.8. The summed E-state index contributed by atoms with van der Waals surface area (Å²) in [4.78, 5) is 18.4. The van der Waals surface area contributed by atoms with Gasteiger partial charge in [-0.15, -0.1) is 12.4 Å². The zero-order chi connectivity index (χ0) is 18.8. The van der Waals surface area contributed by atoms with Crippen molar-refractivity contribution in [1.29, 1.82) is 0 Å². The Bertz CT molecular complexity index is 1030. The Morgan fingerprint density at radius 1 is 1.36 bits per heavy atom. The molecule has 6 nitrogen and oxygen atoms in total. The number of nitrogens with zero attached hydrogens (tertiary/aromatic N) is 2. The molecule has 0 bridgehead atoms. The van der Waals surface area contributed by atoms with E-state index in [2.05, 4.69) is 10.3 Å². The fraction of sp³-hybridized carbons (Fsp3) is 0.238. The summed E-state index contributed by atoms with van der Waals surface area (Å²) in [5, 5.41) is 4.25. The lowest BCUT2D eigenvalue weighted by Gasteiger charge is -2.18. The Morgan fingerprint density at radius 3 is 3.00 bits per heavy atom. The quantitative estimate of drug-likeness (QED) is 0.671. The van der Waals surface area contributed by atoms with Crippen LogP contribution in [0, 0.1) is 6.92 Å². The smallest absolute Gasteiger partial charge is 0.246 e. The molecule has 0 radical (unpaired) electrons. The minimum absolute atomic E-state index is 0. The van der Waals surface area contributed by atoms with Crippen molar-refractivity contribution in [3.05, 3.63) is 59.5 Å². The number of para-hydroxylation sites is 1. The number of rotatable bonds is 4. The number of hydrogen-bond donors (Lipinski definition) is 1. The molecule has 4 rings (SSSR count). The van der Waals surface area contributed by atoms with Crippen LogP contribution in [-0.2, 0) is 11.3 Å². The number of carbonyl (C=O) groups excluding carboxylic acids is 1. The van der Waals surface area contributed by atoms with Gasteiger partial charge in [0.2, 0.25) is 5.91 Å². The standard InChI is InChI=1S/C21H21N3O3.ClH/c1-14-16-5-3-4-6-17(16)27-19(14)13-24(2)20(25)8-7-15-11-18-21(23-12-15)22-9-10-26-18;/h3-8,11-12H,9-10,13H2,1-2H3,(H,22,23);1H/b8-7+;. The number of ether oxygens (including phenoxy) is 1. The second kappa shape index (κ2) is 8.35. The molecule has 0 atom stereocenters. The van der Waals surface area contributed by atoms with E-state index in [1.54, 1.807) is 24.2 Å². The number of likely N-dealkylation sites (N-methyl/N-ethyl adjacent to an activating group) is 1. The van der Waals surface area contributed by atoms with Gasteiger partial charge in [0.15, 0.2) is 11.6 Å². The number of anilines is 1. The van der Waals surface area contributed by atoms with Crippen molar-refractivity contribution < 1.29 is 13.9 Å². The highest BCUT2D eigenvalue weighted by molar-refractivity contribution is 5.91. The number of nitrogens with one attached hydrogen (secondary N) is 1. The lowest BCUT2D eigenvalue weighted by molar-refractivity contribution is -0.125. The first-order valence-corrected chi connectivity index (χ1v) is 8.89. The van der Waals surface area contributed by atoms with Crippen LogP contribution in [0.2, 0.25) is 0 Å². The molecule has 1 aromatic carbocycles. The summed E-state index contributed by atoms with van der Waals surface area (Å²) < 4.78 is 11.5. The van der Waals surface area contributed by atoms with Crippen LogP contribution in [-0.4, -0.2) is 36.0 Å². The summed E-state index contributed by atoms with van der Waals surface area (Å²) in [7, 11) is 1.76. The molecular weight excluding hydrogens is 378 g/mol. The maximum absolute atomic E-state index is 12.5. The maximum Gasteiger partial charge on any atom is 0.246 e. The van der Waals surface area contributed by atoms with E-state index in [9.17, 15) is 4.79 Å². The van der Waals surface area contributed by atoms with Crippen molar-refractivity contribution in [3.8, 4) is 5.75 Å². The first kappa shape index (κ1) is 19.8. The molecule has 1 aliphatic heterocycles. The van der Waals surface area contributed by atoms with E-state index in [0.717, 1.165) is 40.2 Å². The Hall–Kier alpha value is -2.99. The third-order valence-corrected chi connectivity index (χ3v) is 4.64. The maximum atomic E-state index is 12.5. The normalized spacial score (nSPS) is 12.8. The van der Waals surface area contributed by atoms with Gasteiger partial charge in [0.1, 0.15) is 18.0 Å². The van der Waals surface area contributed by atoms with Gasteiger partial charge >= 0.3 is 0 Å². The molecule has 0 fully saturated rings. The molecular formula is C21H22ClN3O3. The van der Waals surface area contributed by atoms with Crippen LogP contribution in [0.3, 0.4) is 0 Å². The molecule has 2 aromatic heterocycles. The van der Waals surface area contributed by atoms with Crippen LogP contribution in [0.15, 0.2) is 47.0 Å². The number of carbonyl (C=O) groups is 1. The van der Waals surface area contributed by atoms with E-state index in [1.807, 2.05) is 37.3 Å². The molecule has 3 aromatic rings. The second-order valence-electron chi connectivity index (χ2n) is 6.56. The number of amides is 1. The van der Waals surface area contributed by atoms with Crippen LogP contribution in [0.1, 0.15) is 16.9 Å². The van der Waals surface area contributed by atoms with E-state index in [-0.39, 0.29) is 18.3 Å². The predicted molar refractivity (Wildman–Crippen MR) is 112 cm³/mol. The fourth-order valence-corrected chi connectivity index (χ4v) is 3.09. The van der Waals surface area contributed by atoms with Gasteiger partial charge in [-0.1, -0.05) is 18.2 Å². The summed E-state index contributed by atoms with van der Waals surface area (Å²) in [6, 6.07) is 9.77. The van der Waals surface area contributed by atoms with E-state index < -0.39 is 0 Å². The molecule has 0 unspecified atom stereocenters. The van der Waals surface area contributed by atoms with Crippen molar-refractivity contribution in [3.63, 3.8) is 0 Å². The highest BCUT2D eigenvalue weighted by Gasteiger charge is 2.14. The molecule has 0 saturated heterocycles. The molecule has 146 valence electrons. The summed E-state index contributed by atoms with van der Waals surface area (Å²) in [6.07, 6.45) is 5.00. The number of fused-ring (bicyclic) bond motifs is 2. The van der Waals surface area contributed by atoms with Crippen molar-refractivity contribution in [2.24, 2.45) is 0 Å². The molecule has 28 heavy (non-hydrogen) atoms. The molecule has 7 heteroatoms. The summed E-state index contributed by atoms with van der Waals surface area (Å²) in [5.74, 6) is 2.14. The topological polar surface area (TPSA) is 67.6 Å². The van der Waals surface area contributed by atoms with E-state index in [0.29, 0.717) is 18.9 Å². The Morgan fingerprint density at radius 2 is 2.18 bits per heavy atom. The van der Waals surface area contributed by atoms with Crippen molar-refractivity contribution in [1.82, 2.24) is 9.88 Å². The molecule has 1 N–H and O–H groups in total. The highest BCUT2D eigenvalue weighted by atomic mass is 35.5. The number of benzene rings is 1. The minimum atomic E-state index is -0.105. The van der Waals surface area contributed by atoms with Crippen LogP contribution in [0.4, 0.5) is 5.82 Å². The van der Waals surface area contributed by atoms with Gasteiger partial charge in [-0.3, -0.25) is 4.79 Å². The Kier molecular flexibility index (Phi) is 5.90. The number of pyridine rings is 1. The van der Waals surface area contributed by atoms with Crippen molar-refractivity contribution in [2.75, 3.05) is 25.5 Å². The molecule has 3 heterocycles. The first-order valence-electron chi connectivity index (χ1n) is 8.89. The van der Waals surface area contributed by atoms with Gasteiger partial charge in [0, 0.05) is 30.3 Å². The number of halogens is 1. The van der Waals surface area contributed by atoms with E-state index in [4.69, 9.17) is 9.15 Å². The van der Waals surface area contributed by atoms with Gasteiger partial charge in [0.25, 0.3) is 0 Å². The van der Waals surface area contributed by atoms with Crippen LogP contribution >= 0.6 is 12.4 Å². The van der Waals surface area contributed by atoms with Crippen LogP contribution in [0.25, 0.3) is 17.0 Å². The molecule has 0 spiro atoms. The van der Waals surface area contributed by atoms with Crippen LogP contribution < -0.4 is 10.1 Å². The van der Waals surface area contributed by atoms with Crippen LogP contribution in [0.5, 0.6) is 5.75 Å². The van der Waals surface area contributed by atoms with Gasteiger partial charge in [-0.05, 0) is 30.7 Å². The van der Waals surface area contributed by atoms with Crippen molar-refractivity contribution >= 4 is 41.2 Å². The monoisotopic (exact) mass is 399 g/mol. The van der Waals surface area contributed by atoms with Gasteiger partial charge in [0.05, 0.1) is 13.1 Å². The average molecular weight is 400 g/mol. The van der Waals surface area contributed by atoms with Gasteiger partial charge < -0.3 is 19.4 Å². The zero-order valence-corrected chi connectivity index (χ0v) is 16.6. The van der Waals surface area contributed by atoms with Gasteiger partial charge in [-0.2, -0.15) is 0 Å². The molecule has 1 amide bonds.